The van der Waals surface area contributed by atoms with Gasteiger partial charge in [-0.05, 0) is 43.4 Å². The number of rotatable bonds is 5. The van der Waals surface area contributed by atoms with Crippen LogP contribution in [0.1, 0.15) is 23.7 Å². The highest BCUT2D eigenvalue weighted by Gasteiger charge is 2.32. The number of halogens is 2. The molecule has 3 rings (SSSR count). The second-order valence-electron chi connectivity index (χ2n) is 6.70. The molecule has 2 heterocycles. The molecule has 1 aliphatic heterocycles. The number of hydrogen-bond acceptors (Lipinski definition) is 5. The highest BCUT2D eigenvalue weighted by atomic mass is 35.5. The minimum absolute atomic E-state index is 0.0895. The molecule has 0 radical (unpaired) electrons. The van der Waals surface area contributed by atoms with Crippen LogP contribution >= 0.6 is 35.4 Å². The van der Waals surface area contributed by atoms with Gasteiger partial charge in [0.05, 0.1) is 28.2 Å². The molecule has 6 nitrogen and oxygen atoms in total. The first-order chi connectivity index (χ1) is 12.2. The SMILES string of the molecule is CN(Cc1ccc(Cl)c(Cl)c1)Cn1nc([C@@H]2CCS(=O)(=O)C2)n(C)c1=S. The van der Waals surface area contributed by atoms with Gasteiger partial charge >= 0.3 is 0 Å². The van der Waals surface area contributed by atoms with Crippen molar-refractivity contribution in [2.75, 3.05) is 18.6 Å². The quantitative estimate of drug-likeness (QED) is 0.675. The fraction of sp³-hybridized carbons (Fsp3) is 0.500. The monoisotopic (exact) mass is 434 g/mol. The Kier molecular flexibility index (Phi) is 5.79. The standard InChI is InChI=1S/C16H20Cl2N4O2S2/c1-20(8-11-3-4-13(17)14(18)7-11)10-22-16(25)21(2)15(19-22)12-5-6-26(23,24)9-12/h3-4,7,12H,5-6,8-10H2,1-2H3/t12-/m1/s1. The maximum atomic E-state index is 11.8. The Morgan fingerprint density at radius 3 is 2.69 bits per heavy atom. The van der Waals surface area contributed by atoms with Crippen LogP contribution in [-0.2, 0) is 30.1 Å². The first-order valence-corrected chi connectivity index (χ1v) is 11.1. The van der Waals surface area contributed by atoms with Crippen LogP contribution in [0, 0.1) is 4.77 Å². The van der Waals surface area contributed by atoms with Gasteiger partial charge in [-0.15, -0.1) is 0 Å². The van der Waals surface area contributed by atoms with Gasteiger partial charge in [-0.1, -0.05) is 29.3 Å². The van der Waals surface area contributed by atoms with E-state index < -0.39 is 9.84 Å². The summed E-state index contributed by atoms with van der Waals surface area (Å²) in [6, 6.07) is 5.54. The zero-order valence-electron chi connectivity index (χ0n) is 14.5. The van der Waals surface area contributed by atoms with Crippen molar-refractivity contribution in [2.45, 2.75) is 25.6 Å². The molecular weight excluding hydrogens is 415 g/mol. The summed E-state index contributed by atoms with van der Waals surface area (Å²) in [6.07, 6.45) is 0.598. The van der Waals surface area contributed by atoms with Gasteiger partial charge in [-0.25, -0.2) is 13.1 Å². The Morgan fingerprint density at radius 1 is 1.35 bits per heavy atom. The van der Waals surface area contributed by atoms with Crippen LogP contribution in [0.4, 0.5) is 0 Å². The van der Waals surface area contributed by atoms with Crippen molar-refractivity contribution >= 4 is 45.3 Å². The molecule has 0 spiro atoms. The average Bonchev–Trinajstić information content (AvgIpc) is 3.05. The number of sulfone groups is 1. The Balaban J connectivity index is 1.74. The number of benzene rings is 1. The maximum absolute atomic E-state index is 11.8. The van der Waals surface area contributed by atoms with Crippen LogP contribution in [0.5, 0.6) is 0 Å². The lowest BCUT2D eigenvalue weighted by atomic mass is 10.1. The fourth-order valence-corrected chi connectivity index (χ4v) is 5.43. The smallest absolute Gasteiger partial charge is 0.198 e. The molecule has 1 aromatic carbocycles. The maximum Gasteiger partial charge on any atom is 0.198 e. The predicted molar refractivity (Wildman–Crippen MR) is 106 cm³/mol. The summed E-state index contributed by atoms with van der Waals surface area (Å²) in [7, 11) is 0.830. The Bertz CT molecular complexity index is 985. The number of hydrogen-bond donors (Lipinski definition) is 0. The van der Waals surface area contributed by atoms with Crippen LogP contribution in [0.25, 0.3) is 0 Å². The highest BCUT2D eigenvalue weighted by molar-refractivity contribution is 7.91. The molecule has 0 saturated carbocycles. The Morgan fingerprint density at radius 2 is 2.08 bits per heavy atom. The van der Waals surface area contributed by atoms with E-state index in [0.717, 1.165) is 11.4 Å². The summed E-state index contributed by atoms with van der Waals surface area (Å²) in [5.41, 5.74) is 1.03. The third-order valence-electron chi connectivity index (χ3n) is 4.48. The number of aromatic nitrogens is 3. The van der Waals surface area contributed by atoms with Crippen LogP contribution in [0.15, 0.2) is 18.2 Å². The summed E-state index contributed by atoms with van der Waals surface area (Å²) in [4.78, 5) is 2.05. The molecule has 0 aliphatic carbocycles. The largest absolute Gasteiger partial charge is 0.307 e. The van der Waals surface area contributed by atoms with E-state index in [0.29, 0.717) is 34.5 Å². The normalized spacial score (nSPS) is 19.3. The summed E-state index contributed by atoms with van der Waals surface area (Å²) in [6.45, 7) is 1.15. The fourth-order valence-electron chi connectivity index (χ4n) is 3.18. The molecule has 142 valence electrons. The van der Waals surface area contributed by atoms with Crippen molar-refractivity contribution in [3.05, 3.63) is 44.4 Å². The van der Waals surface area contributed by atoms with E-state index in [2.05, 4.69) is 10.00 Å². The zero-order valence-corrected chi connectivity index (χ0v) is 17.7. The van der Waals surface area contributed by atoms with E-state index >= 15 is 0 Å². The average molecular weight is 435 g/mol. The van der Waals surface area contributed by atoms with E-state index in [1.165, 1.54) is 0 Å². The topological polar surface area (TPSA) is 60.1 Å². The van der Waals surface area contributed by atoms with Crippen molar-refractivity contribution < 1.29 is 8.42 Å². The molecule has 1 atom stereocenters. The molecule has 0 amide bonds. The molecule has 10 heteroatoms. The minimum atomic E-state index is -2.97. The van der Waals surface area contributed by atoms with Crippen LogP contribution in [0.2, 0.25) is 10.0 Å². The molecule has 26 heavy (non-hydrogen) atoms. The van der Waals surface area contributed by atoms with Crippen molar-refractivity contribution in [3.8, 4) is 0 Å². The summed E-state index contributed by atoms with van der Waals surface area (Å²) < 4.78 is 27.6. The van der Waals surface area contributed by atoms with Gasteiger partial charge in [-0.2, -0.15) is 5.10 Å². The van der Waals surface area contributed by atoms with E-state index in [4.69, 9.17) is 35.4 Å². The molecular formula is C16H20Cl2N4O2S2. The number of nitrogens with zero attached hydrogens (tertiary/aromatic N) is 4. The van der Waals surface area contributed by atoms with Gasteiger partial charge in [0.25, 0.3) is 0 Å². The molecule has 2 aromatic rings. The van der Waals surface area contributed by atoms with Gasteiger partial charge in [-0.3, -0.25) is 4.90 Å². The molecule has 1 saturated heterocycles. The first kappa shape index (κ1) is 19.8. The third kappa shape index (κ3) is 4.31. The van der Waals surface area contributed by atoms with Crippen molar-refractivity contribution in [2.24, 2.45) is 7.05 Å². The van der Waals surface area contributed by atoms with Crippen molar-refractivity contribution in [1.82, 2.24) is 19.2 Å². The van der Waals surface area contributed by atoms with Gasteiger partial charge in [0.15, 0.2) is 14.6 Å². The van der Waals surface area contributed by atoms with Crippen molar-refractivity contribution in [3.63, 3.8) is 0 Å². The summed E-state index contributed by atoms with van der Waals surface area (Å²) in [5, 5.41) is 5.65. The third-order valence-corrected chi connectivity index (χ3v) is 7.48. The van der Waals surface area contributed by atoms with E-state index in [1.807, 2.05) is 30.8 Å². The lowest BCUT2D eigenvalue weighted by molar-refractivity contribution is 0.243. The first-order valence-electron chi connectivity index (χ1n) is 8.13. The molecule has 0 bridgehead atoms. The predicted octanol–water partition coefficient (Wildman–Crippen LogP) is 3.25. The van der Waals surface area contributed by atoms with Gasteiger partial charge in [0.2, 0.25) is 0 Å². The zero-order chi connectivity index (χ0) is 19.1. The van der Waals surface area contributed by atoms with E-state index in [9.17, 15) is 8.42 Å². The van der Waals surface area contributed by atoms with Crippen LogP contribution < -0.4 is 0 Å². The lowest BCUT2D eigenvalue weighted by Gasteiger charge is -2.16. The van der Waals surface area contributed by atoms with E-state index in [1.54, 1.807) is 10.7 Å². The molecule has 0 N–H and O–H groups in total. The Labute approximate surface area is 168 Å². The van der Waals surface area contributed by atoms with Crippen LogP contribution in [0.3, 0.4) is 0 Å². The van der Waals surface area contributed by atoms with Gasteiger partial charge in [0.1, 0.15) is 5.82 Å². The van der Waals surface area contributed by atoms with Crippen LogP contribution in [-0.4, -0.2) is 46.2 Å². The molecule has 1 aliphatic rings. The summed E-state index contributed by atoms with van der Waals surface area (Å²) in [5.74, 6) is 1.01. The van der Waals surface area contributed by atoms with E-state index in [-0.39, 0.29) is 17.4 Å². The molecule has 0 unspecified atom stereocenters. The minimum Gasteiger partial charge on any atom is -0.307 e. The highest BCUT2D eigenvalue weighted by Crippen LogP contribution is 2.28. The lowest BCUT2D eigenvalue weighted by Crippen LogP contribution is -2.22. The molecule has 1 aromatic heterocycles. The van der Waals surface area contributed by atoms with Gasteiger partial charge < -0.3 is 4.57 Å². The second kappa shape index (κ2) is 7.59. The molecule has 1 fully saturated rings. The second-order valence-corrected chi connectivity index (χ2v) is 10.1. The van der Waals surface area contributed by atoms with Gasteiger partial charge in [0, 0.05) is 19.5 Å². The van der Waals surface area contributed by atoms with Crippen molar-refractivity contribution in [1.29, 1.82) is 0 Å². The summed E-state index contributed by atoms with van der Waals surface area (Å²) >= 11 is 17.5. The Hall–Kier alpha value is -0.930.